The van der Waals surface area contributed by atoms with Gasteiger partial charge in [-0.3, -0.25) is 14.5 Å². The first-order valence-corrected chi connectivity index (χ1v) is 10.4. The Morgan fingerprint density at radius 3 is 2.50 bits per heavy atom. The van der Waals surface area contributed by atoms with E-state index in [-0.39, 0.29) is 29.6 Å². The minimum absolute atomic E-state index is 0.00587. The van der Waals surface area contributed by atoms with Crippen LogP contribution in [0, 0.1) is 17.8 Å². The lowest BCUT2D eigenvalue weighted by atomic mass is 9.84. The number of hydrogen-bond donors (Lipinski definition) is 0. The highest BCUT2D eigenvalue weighted by Crippen LogP contribution is 2.58. The van der Waals surface area contributed by atoms with Gasteiger partial charge in [0, 0.05) is 25.7 Å². The van der Waals surface area contributed by atoms with Gasteiger partial charge in [-0.1, -0.05) is 38.3 Å². The van der Waals surface area contributed by atoms with Crippen LogP contribution in [-0.4, -0.2) is 54.6 Å². The van der Waals surface area contributed by atoms with Crippen molar-refractivity contribution in [1.82, 2.24) is 4.90 Å². The number of amides is 2. The van der Waals surface area contributed by atoms with Crippen LogP contribution in [0.3, 0.4) is 0 Å². The molecule has 0 radical (unpaired) electrons. The number of rotatable bonds is 12. The van der Waals surface area contributed by atoms with Crippen molar-refractivity contribution < 1.29 is 19.1 Å². The van der Waals surface area contributed by atoms with Gasteiger partial charge in [0.15, 0.2) is 0 Å². The zero-order chi connectivity index (χ0) is 18.6. The molecule has 4 atom stereocenters. The van der Waals surface area contributed by atoms with E-state index in [0.29, 0.717) is 32.8 Å². The summed E-state index contributed by atoms with van der Waals surface area (Å²) in [5.74, 6) is -0.539. The quantitative estimate of drug-likeness (QED) is 0.225. The van der Waals surface area contributed by atoms with Gasteiger partial charge in [0.2, 0.25) is 5.91 Å². The van der Waals surface area contributed by atoms with E-state index in [2.05, 4.69) is 13.0 Å². The van der Waals surface area contributed by atoms with Crippen LogP contribution in [0.2, 0.25) is 0 Å². The van der Waals surface area contributed by atoms with Gasteiger partial charge >= 0.3 is 0 Å². The number of ether oxygens (including phenoxy) is 2. The van der Waals surface area contributed by atoms with Crippen LogP contribution in [0.1, 0.15) is 45.4 Å². The molecule has 2 aliphatic carbocycles. The van der Waals surface area contributed by atoms with E-state index in [9.17, 15) is 9.59 Å². The van der Waals surface area contributed by atoms with Crippen LogP contribution < -0.4 is 0 Å². The van der Waals surface area contributed by atoms with E-state index >= 15 is 0 Å². The summed E-state index contributed by atoms with van der Waals surface area (Å²) in [7, 11) is 0. The fraction of sp³-hybridized carbons (Fsp3) is 0.800. The van der Waals surface area contributed by atoms with Crippen LogP contribution in [0.15, 0.2) is 12.2 Å². The molecule has 2 fully saturated rings. The standard InChI is InChI=1S/C20H30ClNO4/c1-2-3-4-5-10-25-12-13-26-11-6-9-22-18(23)17-15-7-8-16(14-15)20(17,21)19(22)24/h7-8,15-17H,2-6,9-14H2,1H3/t15-,16+,17+,20-/m1/s1. The second-order valence-electron chi connectivity index (χ2n) is 7.57. The largest absolute Gasteiger partial charge is 0.379 e. The molecule has 5 nitrogen and oxygen atoms in total. The van der Waals surface area contributed by atoms with Crippen molar-refractivity contribution in [3.8, 4) is 0 Å². The third kappa shape index (κ3) is 3.71. The summed E-state index contributed by atoms with van der Waals surface area (Å²) in [5.41, 5.74) is 0. The van der Waals surface area contributed by atoms with Crippen molar-refractivity contribution in [1.29, 1.82) is 0 Å². The fourth-order valence-corrected chi connectivity index (χ4v) is 4.97. The summed E-state index contributed by atoms with van der Waals surface area (Å²) in [6.07, 6.45) is 10.3. The van der Waals surface area contributed by atoms with E-state index in [1.165, 1.54) is 24.2 Å². The number of allylic oxidation sites excluding steroid dienone is 2. The molecule has 1 saturated heterocycles. The van der Waals surface area contributed by atoms with Crippen LogP contribution in [0.5, 0.6) is 0 Å². The van der Waals surface area contributed by atoms with E-state index in [1.54, 1.807) is 0 Å². The predicted octanol–water partition coefficient (Wildman–Crippen LogP) is 3.16. The molecular formula is C20H30ClNO4. The predicted molar refractivity (Wildman–Crippen MR) is 99.9 cm³/mol. The summed E-state index contributed by atoms with van der Waals surface area (Å²) >= 11 is 6.64. The Bertz CT molecular complexity index is 552. The van der Waals surface area contributed by atoms with E-state index < -0.39 is 4.87 Å². The topological polar surface area (TPSA) is 55.8 Å². The summed E-state index contributed by atoms with van der Waals surface area (Å²) in [5, 5.41) is 0. The highest BCUT2D eigenvalue weighted by atomic mass is 35.5. The highest BCUT2D eigenvalue weighted by Gasteiger charge is 2.68. The first-order chi connectivity index (χ1) is 12.6. The average molecular weight is 384 g/mol. The Kier molecular flexibility index (Phi) is 6.76. The van der Waals surface area contributed by atoms with Crippen molar-refractivity contribution in [2.24, 2.45) is 17.8 Å². The van der Waals surface area contributed by atoms with E-state index in [4.69, 9.17) is 21.1 Å². The molecule has 3 aliphatic rings. The Labute approximate surface area is 161 Å². The molecule has 6 heteroatoms. The van der Waals surface area contributed by atoms with Gasteiger partial charge in [-0.25, -0.2) is 0 Å². The van der Waals surface area contributed by atoms with Gasteiger partial charge in [0.05, 0.1) is 19.1 Å². The minimum Gasteiger partial charge on any atom is -0.379 e. The number of alkyl halides is 1. The molecule has 0 N–H and O–H groups in total. The maximum absolute atomic E-state index is 12.7. The minimum atomic E-state index is -1.02. The first kappa shape index (κ1) is 19.8. The summed E-state index contributed by atoms with van der Waals surface area (Å²) in [4.78, 5) is 25.7. The Hall–Kier alpha value is -0.910. The maximum atomic E-state index is 12.7. The molecule has 0 aromatic heterocycles. The number of hydrogen-bond acceptors (Lipinski definition) is 4. The molecule has 0 unspecified atom stereocenters. The van der Waals surface area contributed by atoms with Crippen molar-refractivity contribution in [2.45, 2.75) is 50.3 Å². The van der Waals surface area contributed by atoms with Gasteiger partial charge in [-0.05, 0) is 25.2 Å². The molecule has 1 aliphatic heterocycles. The van der Waals surface area contributed by atoms with Gasteiger partial charge in [0.25, 0.3) is 5.91 Å². The van der Waals surface area contributed by atoms with Gasteiger partial charge < -0.3 is 9.47 Å². The second kappa shape index (κ2) is 8.85. The monoisotopic (exact) mass is 383 g/mol. The first-order valence-electron chi connectivity index (χ1n) is 9.99. The van der Waals surface area contributed by atoms with Gasteiger partial charge in [0.1, 0.15) is 4.87 Å². The Balaban J connectivity index is 1.29. The lowest BCUT2D eigenvalue weighted by Crippen LogP contribution is -2.41. The molecule has 3 rings (SSSR count). The van der Waals surface area contributed by atoms with Crippen LogP contribution in [0.4, 0.5) is 0 Å². The fourth-order valence-electron chi connectivity index (χ4n) is 4.45. The molecule has 0 aromatic rings. The maximum Gasteiger partial charge on any atom is 0.251 e. The number of unbranched alkanes of at least 4 members (excludes halogenated alkanes) is 3. The van der Waals surface area contributed by atoms with Crippen LogP contribution >= 0.6 is 11.6 Å². The molecule has 1 saturated carbocycles. The number of carbonyl (C=O) groups is 2. The third-order valence-corrected chi connectivity index (χ3v) is 6.50. The number of imide groups is 1. The second-order valence-corrected chi connectivity index (χ2v) is 8.20. The van der Waals surface area contributed by atoms with Gasteiger partial charge in [-0.15, -0.1) is 11.6 Å². The molecule has 0 spiro atoms. The number of halogens is 1. The van der Waals surface area contributed by atoms with Crippen molar-refractivity contribution in [2.75, 3.05) is 33.0 Å². The molecular weight excluding hydrogens is 354 g/mol. The summed E-state index contributed by atoms with van der Waals surface area (Å²) in [6.45, 7) is 5.02. The Morgan fingerprint density at radius 1 is 1.08 bits per heavy atom. The normalized spacial score (nSPS) is 32.1. The van der Waals surface area contributed by atoms with Crippen LogP contribution in [-0.2, 0) is 19.1 Å². The zero-order valence-electron chi connectivity index (χ0n) is 15.6. The lowest BCUT2D eigenvalue weighted by Gasteiger charge is -2.25. The molecule has 26 heavy (non-hydrogen) atoms. The summed E-state index contributed by atoms with van der Waals surface area (Å²) in [6, 6.07) is 0. The number of fused-ring (bicyclic) bond motifs is 5. The molecule has 2 bridgehead atoms. The van der Waals surface area contributed by atoms with Crippen LogP contribution in [0.25, 0.3) is 0 Å². The lowest BCUT2D eigenvalue weighted by molar-refractivity contribution is -0.140. The SMILES string of the molecule is CCCCCCOCCOCCCN1C(=O)[C@@H]2[C@@H]3C=C[C@@H](C3)[C@]2(Cl)C1=O. The number of carbonyl (C=O) groups excluding carboxylic acids is 2. The van der Waals surface area contributed by atoms with Crippen molar-refractivity contribution in [3.63, 3.8) is 0 Å². The summed E-state index contributed by atoms with van der Waals surface area (Å²) < 4.78 is 11.1. The third-order valence-electron chi connectivity index (χ3n) is 5.83. The van der Waals surface area contributed by atoms with E-state index in [1.807, 2.05) is 6.08 Å². The molecule has 146 valence electrons. The zero-order valence-corrected chi connectivity index (χ0v) is 16.4. The molecule has 1 heterocycles. The number of nitrogens with zero attached hydrogens (tertiary/aromatic N) is 1. The smallest absolute Gasteiger partial charge is 0.251 e. The molecule has 0 aromatic carbocycles. The Morgan fingerprint density at radius 2 is 1.81 bits per heavy atom. The number of likely N-dealkylation sites (tertiary alicyclic amines) is 1. The van der Waals surface area contributed by atoms with E-state index in [0.717, 1.165) is 19.4 Å². The van der Waals surface area contributed by atoms with Crippen molar-refractivity contribution in [3.05, 3.63) is 12.2 Å². The highest BCUT2D eigenvalue weighted by molar-refractivity contribution is 6.41. The average Bonchev–Trinajstić information content (AvgIpc) is 3.26. The van der Waals surface area contributed by atoms with Gasteiger partial charge in [-0.2, -0.15) is 0 Å². The molecule has 2 amide bonds. The van der Waals surface area contributed by atoms with Crippen molar-refractivity contribution >= 4 is 23.4 Å².